The number of carbonyl (C=O) groups excluding carboxylic acids is 2. The van der Waals surface area contributed by atoms with E-state index < -0.39 is 0 Å². The van der Waals surface area contributed by atoms with Gasteiger partial charge in [0.15, 0.2) is 0 Å². The molecule has 1 fully saturated rings. The van der Waals surface area contributed by atoms with Crippen LogP contribution in [0.25, 0.3) is 0 Å². The molecule has 0 unspecified atom stereocenters. The summed E-state index contributed by atoms with van der Waals surface area (Å²) in [6.07, 6.45) is 2.13. The highest BCUT2D eigenvalue weighted by Crippen LogP contribution is 2.27. The molecule has 0 aliphatic carbocycles. The molecule has 6 heteroatoms. The maximum absolute atomic E-state index is 12.3. The first kappa shape index (κ1) is 22.5. The summed E-state index contributed by atoms with van der Waals surface area (Å²) in [5.74, 6) is -0.159. The maximum Gasteiger partial charge on any atom is 0.227 e. The van der Waals surface area contributed by atoms with Crippen LogP contribution in [0.4, 0.5) is 5.69 Å². The van der Waals surface area contributed by atoms with Gasteiger partial charge in [-0.05, 0) is 49.4 Å². The van der Waals surface area contributed by atoms with Gasteiger partial charge < -0.3 is 15.4 Å². The minimum atomic E-state index is -0.152. The standard InChI is InChI=1S/C26H33N3O3/c1-18-15-29(16-19(2)32-18)17-21-9-7-20(8-10-21)14-27-25(30)12-11-23-13-22-5-3-4-6-24(22)28-26(23)31/h3-10,18-19,23H,11-17H2,1-2H3,(H,27,30)(H,28,31)/t18-,19-,23-/m1/s1. The fourth-order valence-electron chi connectivity index (χ4n) is 4.67. The second-order valence-corrected chi connectivity index (χ2v) is 9.13. The number of morpholine rings is 1. The number of nitrogens with zero attached hydrogens (tertiary/aromatic N) is 1. The average molecular weight is 436 g/mol. The average Bonchev–Trinajstić information content (AvgIpc) is 2.76. The summed E-state index contributed by atoms with van der Waals surface area (Å²) in [5, 5.41) is 5.94. The van der Waals surface area contributed by atoms with Crippen LogP contribution < -0.4 is 10.6 Å². The van der Waals surface area contributed by atoms with Crippen molar-refractivity contribution in [2.45, 2.75) is 58.4 Å². The van der Waals surface area contributed by atoms with Gasteiger partial charge in [0.05, 0.1) is 12.2 Å². The molecular formula is C26H33N3O3. The van der Waals surface area contributed by atoms with E-state index in [2.05, 4.69) is 53.6 Å². The first-order valence-corrected chi connectivity index (χ1v) is 11.6. The van der Waals surface area contributed by atoms with E-state index in [-0.39, 0.29) is 29.9 Å². The van der Waals surface area contributed by atoms with Gasteiger partial charge in [0, 0.05) is 44.2 Å². The van der Waals surface area contributed by atoms with Crippen molar-refractivity contribution < 1.29 is 14.3 Å². The lowest BCUT2D eigenvalue weighted by molar-refractivity contribution is -0.123. The summed E-state index contributed by atoms with van der Waals surface area (Å²) in [6.45, 7) is 7.56. The Balaban J connectivity index is 1.20. The molecule has 1 saturated heterocycles. The smallest absolute Gasteiger partial charge is 0.227 e. The summed E-state index contributed by atoms with van der Waals surface area (Å²) in [6, 6.07) is 16.3. The van der Waals surface area contributed by atoms with Crippen LogP contribution in [-0.2, 0) is 33.8 Å². The molecule has 2 aromatic carbocycles. The molecule has 2 heterocycles. The number of benzene rings is 2. The highest BCUT2D eigenvalue weighted by atomic mass is 16.5. The Bertz CT molecular complexity index is 934. The summed E-state index contributed by atoms with van der Waals surface area (Å²) in [4.78, 5) is 27.1. The van der Waals surface area contributed by atoms with Crippen LogP contribution in [0.1, 0.15) is 43.4 Å². The topological polar surface area (TPSA) is 70.7 Å². The minimum absolute atomic E-state index is 0.0103. The molecule has 2 N–H and O–H groups in total. The Morgan fingerprint density at radius 3 is 2.50 bits per heavy atom. The van der Waals surface area contributed by atoms with Crippen LogP contribution in [0.15, 0.2) is 48.5 Å². The zero-order valence-electron chi connectivity index (χ0n) is 19.0. The van der Waals surface area contributed by atoms with Gasteiger partial charge in [-0.3, -0.25) is 14.5 Å². The minimum Gasteiger partial charge on any atom is -0.373 e. The van der Waals surface area contributed by atoms with Crippen molar-refractivity contribution in [1.82, 2.24) is 10.2 Å². The number of hydrogen-bond acceptors (Lipinski definition) is 4. The fraction of sp³-hybridized carbons (Fsp3) is 0.462. The zero-order valence-corrected chi connectivity index (χ0v) is 19.0. The molecule has 0 spiro atoms. The Labute approximate surface area is 190 Å². The molecule has 0 radical (unpaired) electrons. The molecule has 0 aromatic heterocycles. The number of hydrogen-bond donors (Lipinski definition) is 2. The summed E-state index contributed by atoms with van der Waals surface area (Å²) < 4.78 is 5.80. The van der Waals surface area contributed by atoms with Crippen LogP contribution in [0.2, 0.25) is 0 Å². The highest BCUT2D eigenvalue weighted by molar-refractivity contribution is 5.96. The Kier molecular flexibility index (Phi) is 7.22. The third-order valence-electron chi connectivity index (χ3n) is 6.25. The summed E-state index contributed by atoms with van der Waals surface area (Å²) in [7, 11) is 0. The van der Waals surface area contributed by atoms with Gasteiger partial charge in [-0.1, -0.05) is 42.5 Å². The van der Waals surface area contributed by atoms with E-state index in [1.54, 1.807) is 0 Å². The summed E-state index contributed by atoms with van der Waals surface area (Å²) in [5.41, 5.74) is 4.37. The van der Waals surface area contributed by atoms with Crippen molar-refractivity contribution in [2.75, 3.05) is 18.4 Å². The van der Waals surface area contributed by atoms with Gasteiger partial charge in [-0.2, -0.15) is 0 Å². The zero-order chi connectivity index (χ0) is 22.5. The summed E-state index contributed by atoms with van der Waals surface area (Å²) >= 11 is 0. The number of nitrogens with one attached hydrogen (secondary N) is 2. The van der Waals surface area contributed by atoms with E-state index in [4.69, 9.17) is 4.74 Å². The third kappa shape index (κ3) is 5.96. The molecule has 3 atom stereocenters. The van der Waals surface area contributed by atoms with E-state index in [0.717, 1.165) is 36.4 Å². The van der Waals surface area contributed by atoms with E-state index in [1.807, 2.05) is 24.3 Å². The van der Waals surface area contributed by atoms with E-state index >= 15 is 0 Å². The molecule has 4 rings (SSSR count). The van der Waals surface area contributed by atoms with Gasteiger partial charge >= 0.3 is 0 Å². The first-order chi connectivity index (χ1) is 15.5. The lowest BCUT2D eigenvalue weighted by Gasteiger charge is -2.35. The van der Waals surface area contributed by atoms with Crippen molar-refractivity contribution in [1.29, 1.82) is 0 Å². The van der Waals surface area contributed by atoms with Crippen molar-refractivity contribution in [3.05, 3.63) is 65.2 Å². The first-order valence-electron chi connectivity index (χ1n) is 11.6. The molecule has 32 heavy (non-hydrogen) atoms. The molecule has 0 saturated carbocycles. The molecule has 0 bridgehead atoms. The largest absolute Gasteiger partial charge is 0.373 e. The van der Waals surface area contributed by atoms with Crippen LogP contribution >= 0.6 is 0 Å². The number of amides is 2. The van der Waals surface area contributed by atoms with Crippen LogP contribution in [0, 0.1) is 5.92 Å². The van der Waals surface area contributed by atoms with Gasteiger partial charge in [-0.25, -0.2) is 0 Å². The van der Waals surface area contributed by atoms with Crippen molar-refractivity contribution in [2.24, 2.45) is 5.92 Å². The number of carbonyl (C=O) groups is 2. The Morgan fingerprint density at radius 1 is 1.06 bits per heavy atom. The normalized spacial score (nSPS) is 23.3. The van der Waals surface area contributed by atoms with Crippen molar-refractivity contribution in [3.8, 4) is 0 Å². The molecular weight excluding hydrogens is 402 g/mol. The van der Waals surface area contributed by atoms with Gasteiger partial charge in [0.2, 0.25) is 11.8 Å². The second-order valence-electron chi connectivity index (χ2n) is 9.13. The number of para-hydroxylation sites is 1. The number of rotatable bonds is 7. The second kappa shape index (κ2) is 10.3. The highest BCUT2D eigenvalue weighted by Gasteiger charge is 2.26. The molecule has 2 aromatic rings. The van der Waals surface area contributed by atoms with Crippen LogP contribution in [-0.4, -0.2) is 42.0 Å². The van der Waals surface area contributed by atoms with E-state index in [9.17, 15) is 9.59 Å². The maximum atomic E-state index is 12.3. The quantitative estimate of drug-likeness (QED) is 0.698. The number of ether oxygens (including phenoxy) is 1. The molecule has 2 amide bonds. The van der Waals surface area contributed by atoms with Crippen LogP contribution in [0.5, 0.6) is 0 Å². The van der Waals surface area contributed by atoms with Crippen molar-refractivity contribution >= 4 is 17.5 Å². The lowest BCUT2D eigenvalue weighted by atomic mass is 9.89. The molecule has 6 nitrogen and oxygen atoms in total. The number of fused-ring (bicyclic) bond motifs is 1. The Hall–Kier alpha value is -2.70. The molecule has 170 valence electrons. The van der Waals surface area contributed by atoms with Gasteiger partial charge in [0.1, 0.15) is 0 Å². The molecule has 2 aliphatic heterocycles. The monoisotopic (exact) mass is 435 g/mol. The van der Waals surface area contributed by atoms with Crippen molar-refractivity contribution in [3.63, 3.8) is 0 Å². The molecule has 2 aliphatic rings. The lowest BCUT2D eigenvalue weighted by Crippen LogP contribution is -2.44. The third-order valence-corrected chi connectivity index (χ3v) is 6.25. The number of anilines is 1. The van der Waals surface area contributed by atoms with Crippen LogP contribution in [0.3, 0.4) is 0 Å². The van der Waals surface area contributed by atoms with Gasteiger partial charge in [-0.15, -0.1) is 0 Å². The SMILES string of the molecule is C[C@@H]1CN(Cc2ccc(CNC(=O)CC[C@@H]3Cc4ccccc4NC3=O)cc2)C[C@@H](C)O1. The van der Waals surface area contributed by atoms with E-state index in [0.29, 0.717) is 25.8 Å². The van der Waals surface area contributed by atoms with E-state index in [1.165, 1.54) is 5.56 Å². The predicted molar refractivity (Wildman–Crippen MR) is 125 cm³/mol. The fourth-order valence-corrected chi connectivity index (χ4v) is 4.67. The Morgan fingerprint density at radius 2 is 1.75 bits per heavy atom. The predicted octanol–water partition coefficient (Wildman–Crippen LogP) is 3.50. The van der Waals surface area contributed by atoms with Gasteiger partial charge in [0.25, 0.3) is 0 Å².